The number of hydrogen-bond acceptors (Lipinski definition) is 12. The smallest absolute Gasteiger partial charge is 0.262 e. The second kappa shape index (κ2) is 17.3. The van der Waals surface area contributed by atoms with Gasteiger partial charge in [0.05, 0.1) is 22.5 Å². The van der Waals surface area contributed by atoms with Gasteiger partial charge in [-0.25, -0.2) is 0 Å². The van der Waals surface area contributed by atoms with Crippen molar-refractivity contribution in [1.82, 2.24) is 30.6 Å². The van der Waals surface area contributed by atoms with Gasteiger partial charge in [-0.1, -0.05) is 37.8 Å². The van der Waals surface area contributed by atoms with E-state index in [1.807, 2.05) is 12.1 Å². The molecule has 1 aromatic heterocycles. The number of para-hydroxylation sites is 1. The van der Waals surface area contributed by atoms with Gasteiger partial charge in [0, 0.05) is 69.9 Å². The number of hydrogen-bond donors (Lipinski definition) is 5. The molecule has 0 saturated carbocycles. The number of aromatic hydroxyl groups is 1. The number of fused-ring (bicyclic) bond motifs is 1. The molecule has 1 atom stereocenters. The van der Waals surface area contributed by atoms with E-state index in [9.17, 15) is 29.1 Å². The number of benzene rings is 2. The van der Waals surface area contributed by atoms with Crippen molar-refractivity contribution in [2.45, 2.75) is 63.8 Å². The van der Waals surface area contributed by atoms with E-state index in [-0.39, 0.29) is 35.6 Å². The largest absolute Gasteiger partial charge is 0.507 e. The average Bonchev–Trinajstić information content (AvgIpc) is 3.39. The summed E-state index contributed by atoms with van der Waals surface area (Å²) >= 11 is 0. The Hall–Kier alpha value is -5.57. The number of nitrogen functional groups attached to an aromatic ring is 1. The third-order valence-electron chi connectivity index (χ3n) is 10.0. The summed E-state index contributed by atoms with van der Waals surface area (Å²) in [4.78, 5) is 67.6. The maximum absolute atomic E-state index is 13.0. The Kier molecular flexibility index (Phi) is 12.1. The Bertz CT molecular complexity index is 1840. The van der Waals surface area contributed by atoms with E-state index in [0.29, 0.717) is 36.6 Å². The van der Waals surface area contributed by atoms with Crippen LogP contribution in [0.25, 0.3) is 11.3 Å². The maximum atomic E-state index is 13.0. The number of nitrogens with one attached hydrogen (secondary N) is 3. The van der Waals surface area contributed by atoms with Crippen LogP contribution in [-0.2, 0) is 14.4 Å². The quantitative estimate of drug-likeness (QED) is 0.107. The van der Waals surface area contributed by atoms with Crippen molar-refractivity contribution in [2.24, 2.45) is 0 Å². The number of nitrogens with two attached hydrogens (primary N) is 1. The molecule has 2 aromatic carbocycles. The Labute approximate surface area is 308 Å². The summed E-state index contributed by atoms with van der Waals surface area (Å²) < 4.78 is 0. The number of phenolic OH excluding ortho intramolecular Hbond substituents is 1. The van der Waals surface area contributed by atoms with Crippen LogP contribution < -0.4 is 26.6 Å². The molecule has 0 spiro atoms. The van der Waals surface area contributed by atoms with Gasteiger partial charge < -0.3 is 26.4 Å². The van der Waals surface area contributed by atoms with Gasteiger partial charge in [-0.3, -0.25) is 39.1 Å². The number of aromatic nitrogens is 2. The van der Waals surface area contributed by atoms with Gasteiger partial charge >= 0.3 is 0 Å². The van der Waals surface area contributed by atoms with Crippen molar-refractivity contribution in [3.05, 3.63) is 59.7 Å². The number of amides is 5. The Balaban J connectivity index is 0.800. The number of piperidine rings is 1. The normalized spacial score (nSPS) is 17.5. The van der Waals surface area contributed by atoms with Crippen LogP contribution in [0.5, 0.6) is 5.75 Å². The van der Waals surface area contributed by atoms with Crippen LogP contribution in [0.1, 0.15) is 78.5 Å². The number of carbonyl (C=O) groups is 5. The molecule has 6 N–H and O–H groups in total. The molecule has 280 valence electrons. The van der Waals surface area contributed by atoms with E-state index in [4.69, 9.17) is 5.73 Å². The monoisotopic (exact) mass is 725 g/mol. The van der Waals surface area contributed by atoms with E-state index in [0.717, 1.165) is 87.5 Å². The number of phenols is 1. The van der Waals surface area contributed by atoms with E-state index in [1.165, 1.54) is 0 Å². The molecule has 1 unspecified atom stereocenters. The van der Waals surface area contributed by atoms with Crippen LogP contribution in [0.4, 0.5) is 17.2 Å². The zero-order valence-electron chi connectivity index (χ0n) is 29.8. The highest BCUT2D eigenvalue weighted by Crippen LogP contribution is 2.32. The molecule has 3 aliphatic heterocycles. The van der Waals surface area contributed by atoms with E-state index < -0.39 is 29.7 Å². The lowest BCUT2D eigenvalue weighted by Crippen LogP contribution is -2.54. The van der Waals surface area contributed by atoms with Crippen LogP contribution in [0, 0.1) is 0 Å². The van der Waals surface area contributed by atoms with Gasteiger partial charge in [0.25, 0.3) is 11.8 Å². The highest BCUT2D eigenvalue weighted by atomic mass is 16.3. The zero-order valence-corrected chi connectivity index (χ0v) is 29.8. The second-order valence-electron chi connectivity index (χ2n) is 13.7. The molecule has 6 rings (SSSR count). The van der Waals surface area contributed by atoms with Crippen molar-refractivity contribution in [3.8, 4) is 17.0 Å². The van der Waals surface area contributed by atoms with Crippen molar-refractivity contribution in [2.75, 3.05) is 61.8 Å². The molecule has 2 fully saturated rings. The summed E-state index contributed by atoms with van der Waals surface area (Å²) in [5.41, 5.74) is 9.41. The minimum absolute atomic E-state index is 0.0786. The molecule has 2 saturated heterocycles. The van der Waals surface area contributed by atoms with E-state index >= 15 is 0 Å². The molecule has 0 aliphatic carbocycles. The topological polar surface area (TPSA) is 203 Å². The highest BCUT2D eigenvalue weighted by molar-refractivity contribution is 6.23. The fourth-order valence-corrected chi connectivity index (χ4v) is 7.05. The summed E-state index contributed by atoms with van der Waals surface area (Å²) in [6.07, 6.45) is 6.65. The summed E-state index contributed by atoms with van der Waals surface area (Å²) in [6, 6.07) is 12.9. The Morgan fingerprint density at radius 3 is 2.36 bits per heavy atom. The summed E-state index contributed by atoms with van der Waals surface area (Å²) in [7, 11) is 0. The standard InChI is InChI=1S/C38H47N9O6/c39-35-31(24-29(43-44-35)27-9-6-7-10-32(27)48)46-21-19-45(20-22-46)18-17-41-33(49)11-5-3-1-2-4-8-16-40-25-12-13-26-28(23-25)38(53)47(37(26)52)30-14-15-34(50)42-36(30)51/h6-7,9-10,12-13,23-24,30,40,48H,1-5,8,11,14-22H2,(H2,39,44)(H,41,49)(H,42,50,51). The SMILES string of the molecule is Nc1nnc(-c2ccccc2O)cc1N1CCN(CCNC(=O)CCCCCCCCNc2ccc3c(c2)C(=O)N(C2CCC(=O)NC2=O)C3=O)CC1. The lowest BCUT2D eigenvalue weighted by atomic mass is 10.0. The van der Waals surface area contributed by atoms with Crippen molar-refractivity contribution >= 4 is 46.7 Å². The number of piperazine rings is 1. The molecule has 4 heterocycles. The van der Waals surface area contributed by atoms with Crippen molar-refractivity contribution in [1.29, 1.82) is 0 Å². The first-order chi connectivity index (χ1) is 25.7. The molecule has 15 nitrogen and oxygen atoms in total. The predicted octanol–water partition coefficient (Wildman–Crippen LogP) is 2.91. The molecule has 3 aromatic rings. The number of rotatable bonds is 16. The van der Waals surface area contributed by atoms with E-state index in [1.54, 1.807) is 36.4 Å². The predicted molar refractivity (Wildman–Crippen MR) is 199 cm³/mol. The van der Waals surface area contributed by atoms with Gasteiger partial charge in [-0.2, -0.15) is 0 Å². The summed E-state index contributed by atoms with van der Waals surface area (Å²) in [5, 5.41) is 27.1. The zero-order chi connectivity index (χ0) is 37.3. The second-order valence-corrected chi connectivity index (χ2v) is 13.7. The highest BCUT2D eigenvalue weighted by Gasteiger charge is 2.44. The van der Waals surface area contributed by atoms with Crippen LogP contribution in [-0.4, -0.2) is 106 Å². The minimum Gasteiger partial charge on any atom is -0.507 e. The molecule has 3 aliphatic rings. The molecular weight excluding hydrogens is 678 g/mol. The lowest BCUT2D eigenvalue weighted by Gasteiger charge is -2.36. The van der Waals surface area contributed by atoms with Crippen LogP contribution in [0.15, 0.2) is 48.5 Å². The van der Waals surface area contributed by atoms with Crippen molar-refractivity contribution < 1.29 is 29.1 Å². The number of unbranched alkanes of at least 4 members (excludes halogenated alkanes) is 5. The van der Waals surface area contributed by atoms with Crippen LogP contribution in [0.3, 0.4) is 0 Å². The minimum atomic E-state index is -0.975. The average molecular weight is 726 g/mol. The summed E-state index contributed by atoms with van der Waals surface area (Å²) in [5.74, 6) is -1.47. The molecule has 15 heteroatoms. The molecular formula is C38H47N9O6. The molecule has 5 amide bonds. The van der Waals surface area contributed by atoms with Gasteiger partial charge in [0.1, 0.15) is 11.8 Å². The number of anilines is 3. The fraction of sp³-hybridized carbons (Fsp3) is 0.447. The first-order valence-corrected chi connectivity index (χ1v) is 18.4. The van der Waals surface area contributed by atoms with Crippen LogP contribution >= 0.6 is 0 Å². The molecule has 53 heavy (non-hydrogen) atoms. The number of nitrogens with zero attached hydrogens (tertiary/aromatic N) is 5. The fourth-order valence-electron chi connectivity index (χ4n) is 7.05. The van der Waals surface area contributed by atoms with Crippen LogP contribution in [0.2, 0.25) is 0 Å². The molecule has 0 radical (unpaired) electrons. The first kappa shape index (κ1) is 37.2. The van der Waals surface area contributed by atoms with Crippen molar-refractivity contribution in [3.63, 3.8) is 0 Å². The Morgan fingerprint density at radius 2 is 1.58 bits per heavy atom. The van der Waals surface area contributed by atoms with E-state index in [2.05, 4.69) is 35.9 Å². The Morgan fingerprint density at radius 1 is 0.849 bits per heavy atom. The van der Waals surface area contributed by atoms with Gasteiger partial charge in [0.2, 0.25) is 17.7 Å². The number of imide groups is 2. The summed E-state index contributed by atoms with van der Waals surface area (Å²) in [6.45, 7) is 5.30. The third kappa shape index (κ3) is 9.09. The first-order valence-electron chi connectivity index (χ1n) is 18.4. The van der Waals surface area contributed by atoms with Gasteiger partial charge in [-0.15, -0.1) is 10.2 Å². The third-order valence-corrected chi connectivity index (χ3v) is 10.0. The lowest BCUT2D eigenvalue weighted by molar-refractivity contribution is -0.136. The molecule has 0 bridgehead atoms. The van der Waals surface area contributed by atoms with Gasteiger partial charge in [0.15, 0.2) is 5.82 Å². The number of carbonyl (C=O) groups excluding carboxylic acids is 5. The maximum Gasteiger partial charge on any atom is 0.262 e. The van der Waals surface area contributed by atoms with Gasteiger partial charge in [-0.05, 0) is 55.7 Å².